The number of para-hydroxylation sites is 1. The zero-order valence-corrected chi connectivity index (χ0v) is 12.3. The van der Waals surface area contributed by atoms with Crippen LogP contribution >= 0.6 is 0 Å². The first-order chi connectivity index (χ1) is 9.67. The van der Waals surface area contributed by atoms with Gasteiger partial charge in [0.1, 0.15) is 0 Å². The molecule has 0 spiro atoms. The molecule has 0 saturated carbocycles. The van der Waals surface area contributed by atoms with Crippen molar-refractivity contribution in [3.8, 4) is 0 Å². The standard InChI is InChI=1S/C15H24N4O/c1-3-19-10-8-12(9-11-19)18(2)15(20)13-6-4-5-7-14(13)17-16/h4-7,12,17H,3,8-11,16H2,1-2H3. The van der Waals surface area contributed by atoms with Crippen LogP contribution in [0.15, 0.2) is 24.3 Å². The Morgan fingerprint density at radius 1 is 1.40 bits per heavy atom. The summed E-state index contributed by atoms with van der Waals surface area (Å²) in [6.07, 6.45) is 2.07. The first-order valence-corrected chi connectivity index (χ1v) is 7.22. The highest BCUT2D eigenvalue weighted by Crippen LogP contribution is 2.20. The number of nitrogens with one attached hydrogen (secondary N) is 1. The van der Waals surface area contributed by atoms with Gasteiger partial charge in [0.15, 0.2) is 0 Å². The van der Waals surface area contributed by atoms with Gasteiger partial charge in [-0.15, -0.1) is 0 Å². The van der Waals surface area contributed by atoms with Crippen LogP contribution in [0.1, 0.15) is 30.1 Å². The summed E-state index contributed by atoms with van der Waals surface area (Å²) in [6, 6.07) is 7.68. The van der Waals surface area contributed by atoms with Gasteiger partial charge >= 0.3 is 0 Å². The predicted octanol–water partition coefficient (Wildman–Crippen LogP) is 1.53. The number of nitrogens with zero attached hydrogens (tertiary/aromatic N) is 2. The number of likely N-dealkylation sites (tertiary alicyclic amines) is 1. The van der Waals surface area contributed by atoms with Gasteiger partial charge < -0.3 is 15.2 Å². The number of amides is 1. The normalized spacial score (nSPS) is 16.9. The van der Waals surface area contributed by atoms with Crippen LogP contribution in [0, 0.1) is 0 Å². The van der Waals surface area contributed by atoms with Crippen LogP contribution in [0.25, 0.3) is 0 Å². The third-order valence-electron chi connectivity index (χ3n) is 4.19. The Labute approximate surface area is 120 Å². The highest BCUT2D eigenvalue weighted by molar-refractivity contribution is 5.99. The minimum Gasteiger partial charge on any atom is -0.339 e. The third kappa shape index (κ3) is 3.11. The van der Waals surface area contributed by atoms with Crippen molar-refractivity contribution in [3.05, 3.63) is 29.8 Å². The fraction of sp³-hybridized carbons (Fsp3) is 0.533. The monoisotopic (exact) mass is 276 g/mol. The van der Waals surface area contributed by atoms with Crippen LogP contribution in [0.2, 0.25) is 0 Å². The van der Waals surface area contributed by atoms with Crippen LogP contribution in [0.5, 0.6) is 0 Å². The second-order valence-corrected chi connectivity index (χ2v) is 5.27. The molecule has 1 aliphatic rings. The molecule has 1 heterocycles. The van der Waals surface area contributed by atoms with E-state index in [0.717, 1.165) is 32.5 Å². The number of nitrogen functional groups attached to an aromatic ring is 1. The molecular formula is C15H24N4O. The molecule has 0 atom stereocenters. The number of anilines is 1. The topological polar surface area (TPSA) is 61.6 Å². The summed E-state index contributed by atoms with van der Waals surface area (Å²) in [4.78, 5) is 16.9. The van der Waals surface area contributed by atoms with E-state index < -0.39 is 0 Å². The number of piperidine rings is 1. The Morgan fingerprint density at radius 3 is 2.65 bits per heavy atom. The molecule has 0 bridgehead atoms. The second kappa shape index (κ2) is 6.72. The Kier molecular flexibility index (Phi) is 4.98. The molecule has 1 saturated heterocycles. The number of carbonyl (C=O) groups excluding carboxylic acids is 1. The summed E-state index contributed by atoms with van der Waals surface area (Å²) in [5, 5.41) is 0. The van der Waals surface area contributed by atoms with Gasteiger partial charge in [-0.2, -0.15) is 0 Å². The molecule has 110 valence electrons. The summed E-state index contributed by atoms with van der Waals surface area (Å²) in [5.41, 5.74) is 3.91. The Bertz CT molecular complexity index is 455. The number of nitrogens with two attached hydrogens (primary N) is 1. The Balaban J connectivity index is 2.05. The molecule has 1 aromatic rings. The maximum Gasteiger partial charge on any atom is 0.255 e. The molecule has 1 fully saturated rings. The molecule has 1 aliphatic heterocycles. The molecule has 3 N–H and O–H groups in total. The van der Waals surface area contributed by atoms with Crippen molar-refractivity contribution in [3.63, 3.8) is 0 Å². The zero-order chi connectivity index (χ0) is 14.5. The van der Waals surface area contributed by atoms with Gasteiger partial charge in [-0.1, -0.05) is 19.1 Å². The molecule has 5 nitrogen and oxygen atoms in total. The summed E-state index contributed by atoms with van der Waals surface area (Å²) < 4.78 is 0. The van der Waals surface area contributed by atoms with Crippen LogP contribution < -0.4 is 11.3 Å². The van der Waals surface area contributed by atoms with E-state index in [9.17, 15) is 4.79 Å². The van der Waals surface area contributed by atoms with Crippen LogP contribution in [-0.2, 0) is 0 Å². The Morgan fingerprint density at radius 2 is 2.05 bits per heavy atom. The van der Waals surface area contributed by atoms with E-state index in [0.29, 0.717) is 17.3 Å². The molecule has 0 aromatic heterocycles. The van der Waals surface area contributed by atoms with Gasteiger partial charge in [0.05, 0.1) is 11.3 Å². The number of hydrogen-bond donors (Lipinski definition) is 2. The first-order valence-electron chi connectivity index (χ1n) is 7.22. The van der Waals surface area contributed by atoms with Crippen LogP contribution in [-0.4, -0.2) is 48.4 Å². The van der Waals surface area contributed by atoms with Crippen LogP contribution in [0.4, 0.5) is 5.69 Å². The molecular weight excluding hydrogens is 252 g/mol. The van der Waals surface area contributed by atoms with E-state index in [1.165, 1.54) is 0 Å². The van der Waals surface area contributed by atoms with Gasteiger partial charge in [-0.05, 0) is 31.5 Å². The van der Waals surface area contributed by atoms with Gasteiger partial charge in [0.2, 0.25) is 0 Å². The average molecular weight is 276 g/mol. The Hall–Kier alpha value is -1.59. The van der Waals surface area contributed by atoms with Crippen molar-refractivity contribution in [2.75, 3.05) is 32.1 Å². The smallest absolute Gasteiger partial charge is 0.255 e. The molecule has 5 heteroatoms. The number of rotatable bonds is 4. The number of hydrazine groups is 1. The van der Waals surface area contributed by atoms with Crippen molar-refractivity contribution >= 4 is 11.6 Å². The lowest BCUT2D eigenvalue weighted by Crippen LogP contribution is -2.45. The summed E-state index contributed by atoms with van der Waals surface area (Å²) in [7, 11) is 1.89. The van der Waals surface area contributed by atoms with E-state index in [-0.39, 0.29) is 5.91 Å². The molecule has 2 rings (SSSR count). The molecule has 0 radical (unpaired) electrons. The van der Waals surface area contributed by atoms with Gasteiger partial charge in [0, 0.05) is 26.2 Å². The van der Waals surface area contributed by atoms with E-state index in [4.69, 9.17) is 5.84 Å². The van der Waals surface area contributed by atoms with E-state index >= 15 is 0 Å². The molecule has 1 amide bonds. The van der Waals surface area contributed by atoms with E-state index in [1.807, 2.05) is 36.2 Å². The first kappa shape index (κ1) is 14.8. The minimum atomic E-state index is 0.0356. The number of benzene rings is 1. The molecule has 0 aliphatic carbocycles. The lowest BCUT2D eigenvalue weighted by molar-refractivity contribution is 0.0648. The second-order valence-electron chi connectivity index (χ2n) is 5.27. The highest BCUT2D eigenvalue weighted by atomic mass is 16.2. The maximum atomic E-state index is 12.6. The van der Waals surface area contributed by atoms with Crippen molar-refractivity contribution in [2.45, 2.75) is 25.8 Å². The minimum absolute atomic E-state index is 0.0356. The fourth-order valence-electron chi connectivity index (χ4n) is 2.77. The third-order valence-corrected chi connectivity index (χ3v) is 4.19. The highest BCUT2D eigenvalue weighted by Gasteiger charge is 2.26. The van der Waals surface area contributed by atoms with Gasteiger partial charge in [-0.25, -0.2) is 0 Å². The van der Waals surface area contributed by atoms with Crippen molar-refractivity contribution in [1.29, 1.82) is 0 Å². The largest absolute Gasteiger partial charge is 0.339 e. The van der Waals surface area contributed by atoms with Gasteiger partial charge in [0.25, 0.3) is 5.91 Å². The van der Waals surface area contributed by atoms with Crippen LogP contribution in [0.3, 0.4) is 0 Å². The maximum absolute atomic E-state index is 12.6. The zero-order valence-electron chi connectivity index (χ0n) is 12.3. The summed E-state index contributed by atoms with van der Waals surface area (Å²) in [6.45, 7) is 5.40. The van der Waals surface area contributed by atoms with Crippen molar-refractivity contribution < 1.29 is 4.79 Å². The van der Waals surface area contributed by atoms with Gasteiger partial charge in [-0.3, -0.25) is 10.6 Å². The lowest BCUT2D eigenvalue weighted by Gasteiger charge is -2.36. The predicted molar refractivity (Wildman–Crippen MR) is 81.5 cm³/mol. The number of hydrogen-bond acceptors (Lipinski definition) is 4. The van der Waals surface area contributed by atoms with Crippen molar-refractivity contribution in [1.82, 2.24) is 9.80 Å². The van der Waals surface area contributed by atoms with E-state index in [1.54, 1.807) is 0 Å². The SMILES string of the molecule is CCN1CCC(N(C)C(=O)c2ccccc2NN)CC1. The van der Waals surface area contributed by atoms with E-state index in [2.05, 4.69) is 17.2 Å². The number of carbonyl (C=O) groups is 1. The summed E-state index contributed by atoms with van der Waals surface area (Å²) >= 11 is 0. The molecule has 1 aromatic carbocycles. The fourth-order valence-corrected chi connectivity index (χ4v) is 2.77. The van der Waals surface area contributed by atoms with Crippen molar-refractivity contribution in [2.24, 2.45) is 5.84 Å². The summed E-state index contributed by atoms with van der Waals surface area (Å²) in [5.74, 6) is 5.51. The average Bonchev–Trinajstić information content (AvgIpc) is 2.53. The quantitative estimate of drug-likeness (QED) is 0.647. The lowest BCUT2D eigenvalue weighted by atomic mass is 10.0. The molecule has 20 heavy (non-hydrogen) atoms. The molecule has 0 unspecified atom stereocenters.